The molecule has 2 N–H and O–H groups in total. The van der Waals surface area contributed by atoms with E-state index in [1.165, 1.54) is 9.80 Å². The van der Waals surface area contributed by atoms with Crippen molar-refractivity contribution in [3.63, 3.8) is 0 Å². The number of allylic oxidation sites excluding steroid dienone is 1. The molecular formula is C39H47BrClN3O7. The van der Waals surface area contributed by atoms with Gasteiger partial charge in [-0.15, -0.1) is 13.2 Å². The topological polar surface area (TPSA) is 125 Å². The van der Waals surface area contributed by atoms with E-state index in [9.17, 15) is 19.5 Å². The number of esters is 1. The zero-order valence-electron chi connectivity index (χ0n) is 29.3. The van der Waals surface area contributed by atoms with Crippen LogP contribution in [0.5, 0.6) is 0 Å². The largest absolute Gasteiger partial charge is 0.455 e. The van der Waals surface area contributed by atoms with E-state index in [4.69, 9.17) is 21.1 Å². The molecule has 0 radical (unpaired) electrons. The number of rotatable bonds is 16. The molecule has 0 aromatic heterocycles. The fourth-order valence-corrected chi connectivity index (χ4v) is 9.23. The van der Waals surface area contributed by atoms with Crippen LogP contribution in [-0.2, 0) is 28.7 Å². The van der Waals surface area contributed by atoms with Gasteiger partial charge in [-0.1, -0.05) is 102 Å². The Bertz CT molecular complexity index is 1620. The highest BCUT2D eigenvalue weighted by atomic mass is 79.9. The van der Waals surface area contributed by atoms with Gasteiger partial charge in [-0.3, -0.25) is 19.2 Å². The first-order valence-electron chi connectivity index (χ1n) is 17.5. The fourth-order valence-electron chi connectivity index (χ4n) is 7.96. The number of benzene rings is 2. The van der Waals surface area contributed by atoms with Gasteiger partial charge >= 0.3 is 5.97 Å². The average molecular weight is 785 g/mol. The number of amides is 3. The normalized spacial score (nSPS) is 26.6. The van der Waals surface area contributed by atoms with Crippen LogP contribution in [-0.4, -0.2) is 82.0 Å². The molecule has 2 aromatic rings. The summed E-state index contributed by atoms with van der Waals surface area (Å²) in [7, 11) is 0. The van der Waals surface area contributed by atoms with Gasteiger partial charge in [-0.25, -0.2) is 0 Å². The summed E-state index contributed by atoms with van der Waals surface area (Å²) in [4.78, 5) is 59.6. The molecule has 274 valence electrons. The lowest BCUT2D eigenvalue weighted by Crippen LogP contribution is -2.60. The molecule has 5 rings (SSSR count). The molecule has 3 aliphatic heterocycles. The number of aliphatic hydroxyl groups excluding tert-OH is 1. The van der Waals surface area contributed by atoms with Gasteiger partial charge in [-0.2, -0.15) is 0 Å². The molecule has 3 saturated heterocycles. The van der Waals surface area contributed by atoms with Gasteiger partial charge in [0.05, 0.1) is 47.8 Å². The number of carbonyl (C=O) groups is 4. The fraction of sp³-hybridized carbons (Fsp3) is 0.487. The molecular weight excluding hydrogens is 738 g/mol. The number of hydrogen-bond acceptors (Lipinski definition) is 7. The smallest absolute Gasteiger partial charge is 0.313 e. The maximum Gasteiger partial charge on any atom is 0.313 e. The summed E-state index contributed by atoms with van der Waals surface area (Å²) in [5.41, 5.74) is 0.500. The summed E-state index contributed by atoms with van der Waals surface area (Å²) in [6.45, 7) is 13.0. The molecule has 1 spiro atoms. The number of aliphatic hydroxyl groups is 1. The number of fused-ring (bicyclic) bond motifs is 1. The molecule has 3 aliphatic rings. The number of nitrogens with one attached hydrogen (secondary N) is 1. The van der Waals surface area contributed by atoms with Gasteiger partial charge in [0.15, 0.2) is 0 Å². The Morgan fingerprint density at radius 3 is 2.55 bits per heavy atom. The van der Waals surface area contributed by atoms with Gasteiger partial charge in [0.2, 0.25) is 11.8 Å². The van der Waals surface area contributed by atoms with Crippen LogP contribution in [0.25, 0.3) is 0 Å². The molecule has 9 atom stereocenters. The lowest BCUT2D eigenvalue weighted by atomic mass is 9.70. The van der Waals surface area contributed by atoms with Crippen LogP contribution in [0, 0.1) is 24.7 Å². The minimum Gasteiger partial charge on any atom is -0.455 e. The van der Waals surface area contributed by atoms with Crippen LogP contribution in [0.2, 0.25) is 5.02 Å². The van der Waals surface area contributed by atoms with Gasteiger partial charge < -0.3 is 29.7 Å². The highest BCUT2D eigenvalue weighted by Crippen LogP contribution is 2.61. The van der Waals surface area contributed by atoms with Crippen molar-refractivity contribution in [1.29, 1.82) is 0 Å². The van der Waals surface area contributed by atoms with Crippen molar-refractivity contribution < 1.29 is 33.8 Å². The molecule has 2 bridgehead atoms. The van der Waals surface area contributed by atoms with Crippen LogP contribution in [0.1, 0.15) is 56.8 Å². The van der Waals surface area contributed by atoms with Crippen LogP contribution < -0.4 is 10.2 Å². The summed E-state index contributed by atoms with van der Waals surface area (Å²) in [6, 6.07) is 12.5. The van der Waals surface area contributed by atoms with Gasteiger partial charge in [0.1, 0.15) is 17.7 Å². The molecule has 1 unspecified atom stereocenters. The van der Waals surface area contributed by atoms with E-state index < -0.39 is 66.1 Å². The number of aryl methyl sites for hydroxylation is 1. The number of ether oxygens (including phenoxy) is 2. The monoisotopic (exact) mass is 783 g/mol. The lowest BCUT2D eigenvalue weighted by molar-refractivity contribution is -0.161. The molecule has 3 fully saturated rings. The number of nitrogens with zero attached hydrogens (tertiary/aromatic N) is 2. The first-order chi connectivity index (χ1) is 24.4. The quantitative estimate of drug-likeness (QED) is 0.127. The second kappa shape index (κ2) is 16.4. The van der Waals surface area contributed by atoms with Crippen LogP contribution in [0.3, 0.4) is 0 Å². The predicted octanol–water partition coefficient (Wildman–Crippen LogP) is 5.69. The number of likely N-dealkylation sites (tertiary alicyclic amines) is 1. The standard InChI is InChI=1S/C39H47BrClN3O7/c1-6-9-18-30(46)42-21-29(25-15-11-10-12-16-25)50-38(49)31-32-36(47)44(28(22-45)23(4)8-3)35(39(32)20-26(40)34(31)51-39)37(48)43(19-7-2)33-24(5)14-13-17-27(33)41/h6-7,10-17,23,26,28-29,31-32,34-35,45H,1-2,8-9,18-22H2,3-5H3,(H,42,46)/t23-,26?,28-,29-,31-,32+,34-,35-,39+/m0/s1. The minimum absolute atomic E-state index is 0.0208. The summed E-state index contributed by atoms with van der Waals surface area (Å²) in [6.07, 6.45) is 3.27. The van der Waals surface area contributed by atoms with Crippen molar-refractivity contribution >= 4 is 56.9 Å². The molecule has 10 nitrogen and oxygen atoms in total. The third kappa shape index (κ3) is 7.27. The summed E-state index contributed by atoms with van der Waals surface area (Å²) >= 11 is 10.4. The summed E-state index contributed by atoms with van der Waals surface area (Å²) in [5.74, 6) is -4.08. The number of para-hydroxylation sites is 1. The van der Waals surface area contributed by atoms with Gasteiger partial charge in [0, 0.05) is 17.8 Å². The first-order valence-corrected chi connectivity index (χ1v) is 18.8. The molecule has 51 heavy (non-hydrogen) atoms. The average Bonchev–Trinajstić information content (AvgIpc) is 3.72. The van der Waals surface area contributed by atoms with Crippen molar-refractivity contribution in [1.82, 2.24) is 10.2 Å². The number of alkyl halides is 1. The Balaban J connectivity index is 1.56. The number of halogens is 2. The van der Waals surface area contributed by atoms with E-state index >= 15 is 4.79 Å². The van der Waals surface area contributed by atoms with Crippen LogP contribution in [0.15, 0.2) is 73.8 Å². The van der Waals surface area contributed by atoms with E-state index in [1.54, 1.807) is 36.4 Å². The molecule has 3 heterocycles. The third-order valence-electron chi connectivity index (χ3n) is 10.6. The van der Waals surface area contributed by atoms with Gasteiger partial charge in [-0.05, 0) is 42.9 Å². The highest BCUT2D eigenvalue weighted by Gasteiger charge is 2.78. The zero-order valence-corrected chi connectivity index (χ0v) is 31.6. The van der Waals surface area contributed by atoms with E-state index in [1.807, 2.05) is 45.0 Å². The number of hydrogen-bond donors (Lipinski definition) is 2. The second-order valence-corrected chi connectivity index (χ2v) is 15.2. The Labute approximate surface area is 313 Å². The molecule has 2 aromatic carbocycles. The Morgan fingerprint density at radius 1 is 1.20 bits per heavy atom. The molecule has 3 amide bonds. The summed E-state index contributed by atoms with van der Waals surface area (Å²) in [5, 5.41) is 14.0. The Kier molecular flexibility index (Phi) is 12.5. The van der Waals surface area contributed by atoms with Crippen molar-refractivity contribution in [3.05, 3.63) is 90.0 Å². The Morgan fingerprint density at radius 2 is 1.92 bits per heavy atom. The van der Waals surface area contributed by atoms with Crippen molar-refractivity contribution in [2.45, 2.75) is 81.2 Å². The summed E-state index contributed by atoms with van der Waals surface area (Å²) < 4.78 is 12.9. The van der Waals surface area contributed by atoms with Crippen molar-refractivity contribution in [3.8, 4) is 0 Å². The zero-order chi connectivity index (χ0) is 37.0. The van der Waals surface area contributed by atoms with E-state index in [0.29, 0.717) is 29.1 Å². The molecule has 12 heteroatoms. The van der Waals surface area contributed by atoms with Crippen LogP contribution in [0.4, 0.5) is 5.69 Å². The minimum atomic E-state index is -1.41. The van der Waals surface area contributed by atoms with Crippen molar-refractivity contribution in [2.24, 2.45) is 17.8 Å². The van der Waals surface area contributed by atoms with E-state index in [0.717, 1.165) is 5.56 Å². The number of carbonyl (C=O) groups excluding carboxylic acids is 4. The first kappa shape index (κ1) is 38.7. The van der Waals surface area contributed by atoms with Crippen LogP contribution >= 0.6 is 27.5 Å². The SMILES string of the molecule is C=CCCC(=O)NC[C@H](OC(=O)[C@@H]1[C@H]2O[C@@]3(CC2Br)[C@H](C(=O)N(CC=C)c2c(C)cccc2Cl)N([C@@H](CO)[C@@H](C)CC)C(=O)[C@@H]13)c1ccccc1. The molecule has 0 aliphatic carbocycles. The number of anilines is 1. The maximum atomic E-state index is 15.1. The van der Waals surface area contributed by atoms with Crippen molar-refractivity contribution in [2.75, 3.05) is 24.6 Å². The lowest BCUT2D eigenvalue weighted by Gasteiger charge is -2.41. The highest BCUT2D eigenvalue weighted by molar-refractivity contribution is 9.09. The Hall–Kier alpha value is -3.51. The third-order valence-corrected chi connectivity index (χ3v) is 11.8. The van der Waals surface area contributed by atoms with Gasteiger partial charge in [0.25, 0.3) is 5.91 Å². The molecule has 0 saturated carbocycles. The van der Waals surface area contributed by atoms with E-state index in [-0.39, 0.29) is 42.6 Å². The van der Waals surface area contributed by atoms with E-state index in [2.05, 4.69) is 34.4 Å². The predicted molar refractivity (Wildman–Crippen MR) is 199 cm³/mol. The second-order valence-electron chi connectivity index (χ2n) is 13.7. The maximum absolute atomic E-state index is 15.1.